The standard InChI is InChI=1S/C15H19NO2/c1-10-6-7-13(14(17)8-10)16-9-12-5-3-4-11(2)15(12)18/h6-9,11,16-17H,3-5H2,1-2H3/b12-9+. The molecule has 0 spiro atoms. The molecule has 0 radical (unpaired) electrons. The molecule has 1 atom stereocenters. The van der Waals surface area contributed by atoms with E-state index in [0.29, 0.717) is 5.69 Å². The first-order chi connectivity index (χ1) is 8.58. The van der Waals surface area contributed by atoms with Gasteiger partial charge in [0.15, 0.2) is 5.78 Å². The summed E-state index contributed by atoms with van der Waals surface area (Å²) in [5.41, 5.74) is 2.47. The van der Waals surface area contributed by atoms with Gasteiger partial charge in [0.05, 0.1) is 5.69 Å². The normalized spacial score (nSPS) is 22.2. The van der Waals surface area contributed by atoms with Crippen LogP contribution in [-0.2, 0) is 4.79 Å². The molecule has 1 unspecified atom stereocenters. The fourth-order valence-corrected chi connectivity index (χ4v) is 2.24. The molecule has 1 aromatic carbocycles. The van der Waals surface area contributed by atoms with Crippen molar-refractivity contribution < 1.29 is 9.90 Å². The van der Waals surface area contributed by atoms with Crippen molar-refractivity contribution in [3.8, 4) is 5.75 Å². The highest BCUT2D eigenvalue weighted by Gasteiger charge is 2.22. The van der Waals surface area contributed by atoms with Crippen LogP contribution in [0.15, 0.2) is 30.0 Å². The number of hydrogen-bond donors (Lipinski definition) is 2. The van der Waals surface area contributed by atoms with Gasteiger partial charge in [0.2, 0.25) is 0 Å². The molecule has 96 valence electrons. The number of hydrogen-bond acceptors (Lipinski definition) is 3. The van der Waals surface area contributed by atoms with Crippen molar-refractivity contribution >= 4 is 11.5 Å². The minimum atomic E-state index is 0.124. The molecule has 3 heteroatoms. The van der Waals surface area contributed by atoms with Crippen molar-refractivity contribution in [3.63, 3.8) is 0 Å². The molecule has 0 aliphatic heterocycles. The summed E-state index contributed by atoms with van der Waals surface area (Å²) in [5, 5.41) is 12.8. The Balaban J connectivity index is 2.12. The van der Waals surface area contributed by atoms with Crippen LogP contribution < -0.4 is 5.32 Å². The largest absolute Gasteiger partial charge is 0.506 e. The number of anilines is 1. The molecule has 1 aliphatic carbocycles. The zero-order valence-corrected chi connectivity index (χ0v) is 10.9. The molecule has 0 amide bonds. The predicted molar refractivity (Wildman–Crippen MR) is 72.6 cm³/mol. The third-order valence-corrected chi connectivity index (χ3v) is 3.40. The third kappa shape index (κ3) is 2.73. The molecule has 0 bridgehead atoms. The lowest BCUT2D eigenvalue weighted by molar-refractivity contribution is -0.119. The predicted octanol–water partition coefficient (Wildman–Crippen LogP) is 3.39. The quantitative estimate of drug-likeness (QED) is 0.620. The Labute approximate surface area is 108 Å². The average Bonchev–Trinajstić information content (AvgIpc) is 2.33. The van der Waals surface area contributed by atoms with Gasteiger partial charge in [-0.25, -0.2) is 0 Å². The second-order valence-electron chi connectivity index (χ2n) is 4.99. The smallest absolute Gasteiger partial charge is 0.163 e. The van der Waals surface area contributed by atoms with E-state index in [1.54, 1.807) is 12.3 Å². The minimum Gasteiger partial charge on any atom is -0.506 e. The molecular formula is C15H19NO2. The Morgan fingerprint density at radius 2 is 2.22 bits per heavy atom. The number of benzene rings is 1. The SMILES string of the molecule is Cc1ccc(N/C=C2\CCCC(C)C2=O)c(O)c1. The summed E-state index contributed by atoms with van der Waals surface area (Å²) < 4.78 is 0. The molecule has 2 N–H and O–H groups in total. The van der Waals surface area contributed by atoms with Crippen molar-refractivity contribution in [3.05, 3.63) is 35.5 Å². The number of phenols is 1. The van der Waals surface area contributed by atoms with Crippen molar-refractivity contribution in [2.75, 3.05) is 5.32 Å². The van der Waals surface area contributed by atoms with Gasteiger partial charge in [0, 0.05) is 17.7 Å². The van der Waals surface area contributed by atoms with E-state index in [9.17, 15) is 9.90 Å². The van der Waals surface area contributed by atoms with E-state index < -0.39 is 0 Å². The van der Waals surface area contributed by atoms with Crippen molar-refractivity contribution in [1.29, 1.82) is 0 Å². The van der Waals surface area contributed by atoms with Crippen LogP contribution in [0.4, 0.5) is 5.69 Å². The number of aromatic hydroxyl groups is 1. The van der Waals surface area contributed by atoms with Crippen LogP contribution in [0.5, 0.6) is 5.75 Å². The number of nitrogens with one attached hydrogen (secondary N) is 1. The average molecular weight is 245 g/mol. The summed E-state index contributed by atoms with van der Waals surface area (Å²) in [5.74, 6) is 0.557. The van der Waals surface area contributed by atoms with E-state index in [0.717, 1.165) is 30.4 Å². The van der Waals surface area contributed by atoms with E-state index in [2.05, 4.69) is 5.32 Å². The molecule has 1 aromatic rings. The van der Waals surface area contributed by atoms with Crippen LogP contribution in [0.1, 0.15) is 31.7 Å². The Morgan fingerprint density at radius 3 is 2.94 bits per heavy atom. The first-order valence-electron chi connectivity index (χ1n) is 6.37. The maximum Gasteiger partial charge on any atom is 0.163 e. The first-order valence-corrected chi connectivity index (χ1v) is 6.37. The van der Waals surface area contributed by atoms with E-state index in [-0.39, 0.29) is 17.5 Å². The van der Waals surface area contributed by atoms with Gasteiger partial charge in [-0.05, 0) is 43.9 Å². The van der Waals surface area contributed by atoms with Gasteiger partial charge in [0.25, 0.3) is 0 Å². The first kappa shape index (κ1) is 12.7. The number of carbonyl (C=O) groups excluding carboxylic acids is 1. The Kier molecular flexibility index (Phi) is 3.70. The number of allylic oxidation sites excluding steroid dienone is 1. The number of Topliss-reactive ketones (excluding diaryl/α,β-unsaturated/α-hetero) is 1. The molecular weight excluding hydrogens is 226 g/mol. The van der Waals surface area contributed by atoms with Crippen molar-refractivity contribution in [2.45, 2.75) is 33.1 Å². The van der Waals surface area contributed by atoms with E-state index in [1.807, 2.05) is 26.0 Å². The van der Waals surface area contributed by atoms with Gasteiger partial charge >= 0.3 is 0 Å². The molecule has 18 heavy (non-hydrogen) atoms. The number of rotatable bonds is 2. The van der Waals surface area contributed by atoms with Crippen LogP contribution in [0.3, 0.4) is 0 Å². The molecule has 2 rings (SSSR count). The van der Waals surface area contributed by atoms with Gasteiger partial charge < -0.3 is 10.4 Å². The Bertz CT molecular complexity index is 491. The summed E-state index contributed by atoms with van der Waals surface area (Å²) in [4.78, 5) is 11.9. The molecule has 3 nitrogen and oxygen atoms in total. The molecule has 0 saturated heterocycles. The lowest BCUT2D eigenvalue weighted by Crippen LogP contribution is -2.19. The maximum absolute atomic E-state index is 11.9. The highest BCUT2D eigenvalue weighted by atomic mass is 16.3. The van der Waals surface area contributed by atoms with Crippen LogP contribution in [0, 0.1) is 12.8 Å². The van der Waals surface area contributed by atoms with Crippen LogP contribution in [0.2, 0.25) is 0 Å². The van der Waals surface area contributed by atoms with Gasteiger partial charge in [-0.15, -0.1) is 0 Å². The zero-order valence-electron chi connectivity index (χ0n) is 10.9. The third-order valence-electron chi connectivity index (χ3n) is 3.40. The molecule has 0 heterocycles. The number of aryl methyl sites for hydroxylation is 1. The monoisotopic (exact) mass is 245 g/mol. The lowest BCUT2D eigenvalue weighted by atomic mass is 9.86. The second kappa shape index (κ2) is 5.25. The highest BCUT2D eigenvalue weighted by molar-refractivity contribution is 5.97. The number of ketones is 1. The minimum absolute atomic E-state index is 0.124. The molecule has 1 saturated carbocycles. The number of phenolic OH excluding ortho intramolecular Hbond substituents is 1. The lowest BCUT2D eigenvalue weighted by Gasteiger charge is -2.19. The summed E-state index contributed by atoms with van der Waals surface area (Å²) in [6.07, 6.45) is 4.59. The van der Waals surface area contributed by atoms with Crippen LogP contribution in [-0.4, -0.2) is 10.9 Å². The molecule has 1 fully saturated rings. The summed E-state index contributed by atoms with van der Waals surface area (Å²) in [6.45, 7) is 3.90. The van der Waals surface area contributed by atoms with Gasteiger partial charge in [-0.3, -0.25) is 4.79 Å². The van der Waals surface area contributed by atoms with Gasteiger partial charge in [0.1, 0.15) is 5.75 Å². The van der Waals surface area contributed by atoms with Gasteiger partial charge in [-0.2, -0.15) is 0 Å². The van der Waals surface area contributed by atoms with Crippen LogP contribution >= 0.6 is 0 Å². The topological polar surface area (TPSA) is 49.3 Å². The second-order valence-corrected chi connectivity index (χ2v) is 4.99. The summed E-state index contributed by atoms with van der Waals surface area (Å²) >= 11 is 0. The van der Waals surface area contributed by atoms with E-state index in [1.165, 1.54) is 0 Å². The molecule has 1 aliphatic rings. The zero-order chi connectivity index (χ0) is 13.1. The highest BCUT2D eigenvalue weighted by Crippen LogP contribution is 2.27. The number of carbonyl (C=O) groups is 1. The Hall–Kier alpha value is -1.77. The fraction of sp³-hybridized carbons (Fsp3) is 0.400. The van der Waals surface area contributed by atoms with Crippen LogP contribution in [0.25, 0.3) is 0 Å². The van der Waals surface area contributed by atoms with Gasteiger partial charge in [-0.1, -0.05) is 13.0 Å². The maximum atomic E-state index is 11.9. The summed E-state index contributed by atoms with van der Waals surface area (Å²) in [7, 11) is 0. The van der Waals surface area contributed by atoms with Crippen molar-refractivity contribution in [1.82, 2.24) is 0 Å². The fourth-order valence-electron chi connectivity index (χ4n) is 2.24. The van der Waals surface area contributed by atoms with E-state index >= 15 is 0 Å². The summed E-state index contributed by atoms with van der Waals surface area (Å²) in [6, 6.07) is 5.44. The Morgan fingerprint density at radius 1 is 1.44 bits per heavy atom. The van der Waals surface area contributed by atoms with Crippen molar-refractivity contribution in [2.24, 2.45) is 5.92 Å². The molecule has 0 aromatic heterocycles. The van der Waals surface area contributed by atoms with E-state index in [4.69, 9.17) is 0 Å².